The summed E-state index contributed by atoms with van der Waals surface area (Å²) in [4.78, 5) is 0.117. The molecule has 4 nitrogen and oxygen atoms in total. The van der Waals surface area contributed by atoms with Crippen molar-refractivity contribution in [1.82, 2.24) is 4.72 Å². The van der Waals surface area contributed by atoms with Gasteiger partial charge in [0, 0.05) is 12.1 Å². The minimum Gasteiger partial charge on any atom is -0.495 e. The van der Waals surface area contributed by atoms with Gasteiger partial charge in [0.25, 0.3) is 0 Å². The minimum atomic E-state index is -3.65. The number of hydrogen-bond donors (Lipinski definition) is 1. The third kappa shape index (κ3) is 3.75. The van der Waals surface area contributed by atoms with Gasteiger partial charge < -0.3 is 4.74 Å². The molecule has 0 spiro atoms. The maximum atomic E-state index is 12.4. The van der Waals surface area contributed by atoms with Crippen LogP contribution in [0.4, 0.5) is 0 Å². The fourth-order valence-electron chi connectivity index (χ4n) is 1.92. The molecular formula is C15H16ClNO3S. The Morgan fingerprint density at radius 3 is 2.43 bits per heavy atom. The number of ether oxygens (including phenoxy) is 1. The molecule has 0 amide bonds. The predicted octanol–water partition coefficient (Wildman–Crippen LogP) is 3.39. The highest BCUT2D eigenvalue weighted by Crippen LogP contribution is 2.27. The first-order valence-electron chi connectivity index (χ1n) is 6.35. The molecule has 2 rings (SSSR count). The second-order valence-corrected chi connectivity index (χ2v) is 6.67. The van der Waals surface area contributed by atoms with Crippen molar-refractivity contribution < 1.29 is 13.2 Å². The zero-order valence-corrected chi connectivity index (χ0v) is 13.3. The van der Waals surface area contributed by atoms with Crippen LogP contribution in [0.2, 0.25) is 5.02 Å². The standard InChI is InChI=1S/C15H16ClNO3S/c1-11(12-6-4-3-5-7-12)17-21(18,19)13-8-9-14(16)15(10-13)20-2/h3-11,17H,1-2H3/t11-/m0/s1. The highest BCUT2D eigenvalue weighted by molar-refractivity contribution is 7.89. The maximum absolute atomic E-state index is 12.4. The second-order valence-electron chi connectivity index (χ2n) is 4.55. The molecule has 21 heavy (non-hydrogen) atoms. The van der Waals surface area contributed by atoms with Crippen molar-refractivity contribution in [2.75, 3.05) is 7.11 Å². The van der Waals surface area contributed by atoms with E-state index in [2.05, 4.69) is 4.72 Å². The summed E-state index contributed by atoms with van der Waals surface area (Å²) >= 11 is 5.91. The summed E-state index contributed by atoms with van der Waals surface area (Å²) < 4.78 is 32.5. The van der Waals surface area contributed by atoms with Crippen molar-refractivity contribution in [2.45, 2.75) is 17.9 Å². The number of sulfonamides is 1. The van der Waals surface area contributed by atoms with Crippen LogP contribution < -0.4 is 9.46 Å². The van der Waals surface area contributed by atoms with Crippen LogP contribution in [0.25, 0.3) is 0 Å². The first-order chi connectivity index (χ1) is 9.94. The molecule has 0 fully saturated rings. The molecule has 112 valence electrons. The highest BCUT2D eigenvalue weighted by Gasteiger charge is 2.19. The van der Waals surface area contributed by atoms with E-state index in [1.807, 2.05) is 30.3 Å². The van der Waals surface area contributed by atoms with Gasteiger partial charge >= 0.3 is 0 Å². The summed E-state index contributed by atoms with van der Waals surface area (Å²) in [6.07, 6.45) is 0. The van der Waals surface area contributed by atoms with Crippen LogP contribution in [0.3, 0.4) is 0 Å². The molecule has 0 heterocycles. The third-order valence-electron chi connectivity index (χ3n) is 3.06. The Balaban J connectivity index is 2.26. The van der Waals surface area contributed by atoms with Gasteiger partial charge in [-0.1, -0.05) is 41.9 Å². The van der Waals surface area contributed by atoms with E-state index in [1.54, 1.807) is 6.92 Å². The lowest BCUT2D eigenvalue weighted by Crippen LogP contribution is -2.26. The van der Waals surface area contributed by atoms with Crippen LogP contribution >= 0.6 is 11.6 Å². The number of methoxy groups -OCH3 is 1. The molecule has 6 heteroatoms. The lowest BCUT2D eigenvalue weighted by atomic mass is 10.1. The zero-order chi connectivity index (χ0) is 15.5. The molecule has 0 aliphatic carbocycles. The lowest BCUT2D eigenvalue weighted by molar-refractivity contribution is 0.413. The molecule has 0 radical (unpaired) electrons. The summed E-state index contributed by atoms with van der Waals surface area (Å²) in [5.41, 5.74) is 0.891. The summed E-state index contributed by atoms with van der Waals surface area (Å²) in [5.74, 6) is 0.326. The zero-order valence-electron chi connectivity index (χ0n) is 11.7. The Morgan fingerprint density at radius 1 is 1.14 bits per heavy atom. The topological polar surface area (TPSA) is 55.4 Å². The van der Waals surface area contributed by atoms with E-state index in [-0.39, 0.29) is 10.9 Å². The molecule has 2 aromatic rings. The molecular weight excluding hydrogens is 310 g/mol. The largest absolute Gasteiger partial charge is 0.495 e. The number of nitrogens with one attached hydrogen (secondary N) is 1. The quantitative estimate of drug-likeness (QED) is 0.916. The van der Waals surface area contributed by atoms with Gasteiger partial charge in [-0.3, -0.25) is 0 Å². The van der Waals surface area contributed by atoms with Crippen molar-refractivity contribution in [3.05, 3.63) is 59.1 Å². The van der Waals surface area contributed by atoms with Crippen molar-refractivity contribution in [3.8, 4) is 5.75 Å². The molecule has 0 unspecified atom stereocenters. The summed E-state index contributed by atoms with van der Waals surface area (Å²) in [7, 11) is -2.20. The SMILES string of the molecule is COc1cc(S(=O)(=O)N[C@@H](C)c2ccccc2)ccc1Cl. The maximum Gasteiger partial charge on any atom is 0.241 e. The van der Waals surface area contributed by atoms with Crippen LogP contribution in [-0.2, 0) is 10.0 Å². The fourth-order valence-corrected chi connectivity index (χ4v) is 3.36. The number of halogens is 1. The van der Waals surface area contributed by atoms with Gasteiger partial charge in [-0.25, -0.2) is 13.1 Å². The average molecular weight is 326 g/mol. The molecule has 0 bridgehead atoms. The van der Waals surface area contributed by atoms with Gasteiger partial charge in [0.1, 0.15) is 5.75 Å². The molecule has 1 atom stereocenters. The predicted molar refractivity (Wildman–Crippen MR) is 83.2 cm³/mol. The molecule has 0 saturated carbocycles. The number of benzene rings is 2. The number of rotatable bonds is 5. The van der Waals surface area contributed by atoms with E-state index >= 15 is 0 Å². The first-order valence-corrected chi connectivity index (χ1v) is 8.21. The smallest absolute Gasteiger partial charge is 0.241 e. The van der Waals surface area contributed by atoms with Gasteiger partial charge in [0.2, 0.25) is 10.0 Å². The van der Waals surface area contributed by atoms with E-state index in [0.29, 0.717) is 10.8 Å². The van der Waals surface area contributed by atoms with Crippen LogP contribution in [-0.4, -0.2) is 15.5 Å². The summed E-state index contributed by atoms with van der Waals surface area (Å²) in [6.45, 7) is 1.79. The van der Waals surface area contributed by atoms with Crippen molar-refractivity contribution >= 4 is 21.6 Å². The Morgan fingerprint density at radius 2 is 1.81 bits per heavy atom. The fraction of sp³-hybridized carbons (Fsp3) is 0.200. The van der Waals surface area contributed by atoms with E-state index in [0.717, 1.165) is 5.56 Å². The van der Waals surface area contributed by atoms with Gasteiger partial charge in [-0.15, -0.1) is 0 Å². The molecule has 2 aromatic carbocycles. The number of hydrogen-bond acceptors (Lipinski definition) is 3. The van der Waals surface area contributed by atoms with Gasteiger partial charge in [-0.2, -0.15) is 0 Å². The van der Waals surface area contributed by atoms with E-state index in [9.17, 15) is 8.42 Å². The Labute approximate surface area is 129 Å². The van der Waals surface area contributed by atoms with Crippen molar-refractivity contribution in [3.63, 3.8) is 0 Å². The van der Waals surface area contributed by atoms with Crippen LogP contribution in [0, 0.1) is 0 Å². The molecule has 0 aliphatic rings. The summed E-state index contributed by atoms with van der Waals surface area (Å²) in [6, 6.07) is 13.4. The molecule has 0 aromatic heterocycles. The van der Waals surface area contributed by atoms with E-state index in [1.165, 1.54) is 25.3 Å². The third-order valence-corrected chi connectivity index (χ3v) is 4.92. The first kappa shape index (κ1) is 15.8. The van der Waals surface area contributed by atoms with Gasteiger partial charge in [0.15, 0.2) is 0 Å². The molecule has 0 saturated heterocycles. The molecule has 0 aliphatic heterocycles. The van der Waals surface area contributed by atoms with E-state index < -0.39 is 10.0 Å². The second kappa shape index (κ2) is 6.47. The Bertz CT molecular complexity index is 717. The van der Waals surface area contributed by atoms with Crippen LogP contribution in [0.5, 0.6) is 5.75 Å². The van der Waals surface area contributed by atoms with Crippen LogP contribution in [0.1, 0.15) is 18.5 Å². The van der Waals surface area contributed by atoms with Gasteiger partial charge in [-0.05, 0) is 24.6 Å². The lowest BCUT2D eigenvalue weighted by Gasteiger charge is -2.15. The highest BCUT2D eigenvalue weighted by atomic mass is 35.5. The van der Waals surface area contributed by atoms with Crippen molar-refractivity contribution in [1.29, 1.82) is 0 Å². The van der Waals surface area contributed by atoms with Gasteiger partial charge in [0.05, 0.1) is 17.0 Å². The Kier molecular flexibility index (Phi) is 4.88. The molecule has 1 N–H and O–H groups in total. The normalized spacial score (nSPS) is 12.9. The Hall–Kier alpha value is -1.56. The van der Waals surface area contributed by atoms with Crippen molar-refractivity contribution in [2.24, 2.45) is 0 Å². The minimum absolute atomic E-state index is 0.117. The average Bonchev–Trinajstić information content (AvgIpc) is 2.48. The summed E-state index contributed by atoms with van der Waals surface area (Å²) in [5, 5.41) is 0.368. The van der Waals surface area contributed by atoms with E-state index in [4.69, 9.17) is 16.3 Å². The monoisotopic (exact) mass is 325 g/mol. The van der Waals surface area contributed by atoms with Crippen LogP contribution in [0.15, 0.2) is 53.4 Å².